The van der Waals surface area contributed by atoms with Crippen molar-refractivity contribution in [2.24, 2.45) is 17.3 Å². The van der Waals surface area contributed by atoms with Gasteiger partial charge in [-0.2, -0.15) is 5.10 Å². The van der Waals surface area contributed by atoms with E-state index in [0.29, 0.717) is 17.9 Å². The number of hydrogen-bond acceptors (Lipinski definition) is 6. The fourth-order valence-corrected chi connectivity index (χ4v) is 3.49. The minimum absolute atomic E-state index is 0.0338. The quantitative estimate of drug-likeness (QED) is 0.352. The van der Waals surface area contributed by atoms with E-state index in [9.17, 15) is 10.1 Å². The van der Waals surface area contributed by atoms with Gasteiger partial charge in [-0.3, -0.25) is 10.1 Å². The van der Waals surface area contributed by atoms with Crippen LogP contribution in [0.15, 0.2) is 64.1 Å². The lowest BCUT2D eigenvalue weighted by Gasteiger charge is -2.05. The Morgan fingerprint density at radius 3 is 2.68 bits per heavy atom. The van der Waals surface area contributed by atoms with Gasteiger partial charge in [0.1, 0.15) is 5.75 Å². The lowest BCUT2D eigenvalue weighted by atomic mass is 10.1. The third-order valence-corrected chi connectivity index (χ3v) is 5.05. The molecule has 0 aliphatic heterocycles. The van der Waals surface area contributed by atoms with E-state index < -0.39 is 4.92 Å². The molecule has 0 atom stereocenters. The molecule has 28 heavy (non-hydrogen) atoms. The third kappa shape index (κ3) is 4.34. The van der Waals surface area contributed by atoms with Crippen LogP contribution in [0.3, 0.4) is 0 Å². The van der Waals surface area contributed by atoms with E-state index in [1.54, 1.807) is 19.1 Å². The van der Waals surface area contributed by atoms with Crippen molar-refractivity contribution in [2.75, 3.05) is 6.61 Å². The minimum atomic E-state index is -0.420. The van der Waals surface area contributed by atoms with Gasteiger partial charge < -0.3 is 9.30 Å². The first-order valence-corrected chi connectivity index (χ1v) is 9.58. The van der Waals surface area contributed by atoms with Crippen LogP contribution in [-0.4, -0.2) is 21.8 Å². The second kappa shape index (κ2) is 8.62. The van der Waals surface area contributed by atoms with Crippen LogP contribution in [0.4, 0.5) is 5.69 Å². The van der Waals surface area contributed by atoms with Crippen molar-refractivity contribution < 1.29 is 9.66 Å². The molecule has 0 radical (unpaired) electrons. The Hall–Kier alpha value is -3.26. The van der Waals surface area contributed by atoms with E-state index in [1.165, 1.54) is 23.5 Å². The minimum Gasteiger partial charge on any atom is -0.494 e. The fraction of sp³-hybridized carbons (Fsp3) is 0.200. The third-order valence-electron chi connectivity index (χ3n) is 4.15. The Morgan fingerprint density at radius 2 is 2.00 bits per heavy atom. The molecule has 0 saturated heterocycles. The monoisotopic (exact) mass is 396 g/mol. The zero-order chi connectivity index (χ0) is 20.1. The zero-order valence-electron chi connectivity index (χ0n) is 15.8. The maximum Gasteiger partial charge on any atom is 0.270 e. The van der Waals surface area contributed by atoms with Crippen molar-refractivity contribution in [3.05, 3.63) is 74.4 Å². The average molecular weight is 396 g/mol. The van der Waals surface area contributed by atoms with Crippen LogP contribution in [0, 0.1) is 10.1 Å². The van der Waals surface area contributed by atoms with Gasteiger partial charge in [-0.15, -0.1) is 16.4 Å². The Labute approximate surface area is 166 Å². The standard InChI is InChI=1S/C20H20N4O3S/c1-4-27-18-10-8-15(9-11-18)19-13-28-20(23(19)3)22-21-14(2)16-6-5-7-17(12-16)24(25)26/h5-13H,4H2,1-3H3/b21-14+,22-20+. The largest absolute Gasteiger partial charge is 0.494 e. The smallest absolute Gasteiger partial charge is 0.270 e. The van der Waals surface area contributed by atoms with Crippen molar-refractivity contribution in [2.45, 2.75) is 13.8 Å². The summed E-state index contributed by atoms with van der Waals surface area (Å²) in [6, 6.07) is 14.3. The molecule has 3 rings (SSSR count). The van der Waals surface area contributed by atoms with Gasteiger partial charge in [0.05, 0.1) is 22.9 Å². The van der Waals surface area contributed by atoms with Gasteiger partial charge in [-0.1, -0.05) is 12.1 Å². The van der Waals surface area contributed by atoms with E-state index in [2.05, 4.69) is 10.2 Å². The highest BCUT2D eigenvalue weighted by molar-refractivity contribution is 7.07. The number of ether oxygens (including phenoxy) is 1. The van der Waals surface area contributed by atoms with Crippen molar-refractivity contribution in [1.82, 2.24) is 4.57 Å². The number of nitro benzene ring substituents is 1. The van der Waals surface area contributed by atoms with E-state index in [0.717, 1.165) is 21.8 Å². The molecule has 0 N–H and O–H groups in total. The molecule has 3 aromatic rings. The van der Waals surface area contributed by atoms with Crippen molar-refractivity contribution in [1.29, 1.82) is 0 Å². The van der Waals surface area contributed by atoms with Gasteiger partial charge in [0.25, 0.3) is 5.69 Å². The van der Waals surface area contributed by atoms with Gasteiger partial charge in [0.2, 0.25) is 4.80 Å². The summed E-state index contributed by atoms with van der Waals surface area (Å²) in [4.78, 5) is 11.2. The number of nitro groups is 1. The van der Waals surface area contributed by atoms with Crippen molar-refractivity contribution in [3.63, 3.8) is 0 Å². The molecule has 0 fully saturated rings. The average Bonchev–Trinajstić information content (AvgIpc) is 3.07. The van der Waals surface area contributed by atoms with Crippen molar-refractivity contribution in [3.8, 4) is 17.0 Å². The summed E-state index contributed by atoms with van der Waals surface area (Å²) in [5.74, 6) is 0.839. The van der Waals surface area contributed by atoms with Gasteiger partial charge >= 0.3 is 0 Å². The lowest BCUT2D eigenvalue weighted by molar-refractivity contribution is -0.384. The fourth-order valence-electron chi connectivity index (χ4n) is 2.63. The predicted molar refractivity (Wildman–Crippen MR) is 111 cm³/mol. The van der Waals surface area contributed by atoms with E-state index in [-0.39, 0.29) is 5.69 Å². The molecule has 0 unspecified atom stereocenters. The van der Waals surface area contributed by atoms with Gasteiger partial charge in [-0.05, 0) is 43.7 Å². The predicted octanol–water partition coefficient (Wildman–Crippen LogP) is 4.39. The Kier molecular flexibility index (Phi) is 6.00. The summed E-state index contributed by atoms with van der Waals surface area (Å²) in [5.41, 5.74) is 3.40. The lowest BCUT2D eigenvalue weighted by Crippen LogP contribution is -2.11. The highest BCUT2D eigenvalue weighted by atomic mass is 32.1. The van der Waals surface area contributed by atoms with Crippen LogP contribution >= 0.6 is 11.3 Å². The van der Waals surface area contributed by atoms with Gasteiger partial charge in [-0.25, -0.2) is 0 Å². The molecule has 1 heterocycles. The summed E-state index contributed by atoms with van der Waals surface area (Å²) in [6.07, 6.45) is 0. The second-order valence-corrected chi connectivity index (χ2v) is 6.85. The van der Waals surface area contributed by atoms with Crippen molar-refractivity contribution >= 4 is 22.7 Å². The van der Waals surface area contributed by atoms with Crippen LogP contribution in [0.2, 0.25) is 0 Å². The Bertz CT molecular complexity index is 1080. The van der Waals surface area contributed by atoms with Gasteiger partial charge in [0, 0.05) is 30.1 Å². The number of rotatable bonds is 6. The van der Waals surface area contributed by atoms with Crippen LogP contribution < -0.4 is 9.54 Å². The van der Waals surface area contributed by atoms with E-state index in [4.69, 9.17) is 4.74 Å². The molecule has 144 valence electrons. The van der Waals surface area contributed by atoms with E-state index >= 15 is 0 Å². The first-order valence-electron chi connectivity index (χ1n) is 8.70. The highest BCUT2D eigenvalue weighted by Gasteiger charge is 2.08. The molecular formula is C20H20N4O3S. The Balaban J connectivity index is 1.88. The molecule has 0 aliphatic carbocycles. The number of benzene rings is 2. The molecular weight excluding hydrogens is 376 g/mol. The molecule has 0 bridgehead atoms. The molecule has 7 nitrogen and oxygen atoms in total. The normalized spacial score (nSPS) is 12.2. The molecule has 2 aromatic carbocycles. The van der Waals surface area contributed by atoms with Crippen LogP contribution in [0.1, 0.15) is 19.4 Å². The summed E-state index contributed by atoms with van der Waals surface area (Å²) in [5, 5.41) is 21.5. The SMILES string of the molecule is CCOc1ccc(-c2cs/c(=N/N=C(\C)c3cccc([N+](=O)[O-])c3)n2C)cc1. The summed E-state index contributed by atoms with van der Waals surface area (Å²) in [7, 11) is 1.93. The molecule has 0 aliphatic rings. The number of thiazole rings is 1. The van der Waals surface area contributed by atoms with Gasteiger partial charge in [0.15, 0.2) is 0 Å². The molecule has 8 heteroatoms. The van der Waals surface area contributed by atoms with E-state index in [1.807, 2.05) is 48.2 Å². The zero-order valence-corrected chi connectivity index (χ0v) is 16.6. The number of nitrogens with zero attached hydrogens (tertiary/aromatic N) is 4. The molecule has 0 spiro atoms. The Morgan fingerprint density at radius 1 is 1.25 bits per heavy atom. The topological polar surface area (TPSA) is 82.0 Å². The number of aromatic nitrogens is 1. The maximum atomic E-state index is 10.9. The number of non-ortho nitro benzene ring substituents is 1. The van der Waals surface area contributed by atoms with Crippen LogP contribution in [-0.2, 0) is 7.05 Å². The van der Waals surface area contributed by atoms with Crippen LogP contribution in [0.25, 0.3) is 11.3 Å². The van der Waals surface area contributed by atoms with Crippen LogP contribution in [0.5, 0.6) is 5.75 Å². The highest BCUT2D eigenvalue weighted by Crippen LogP contribution is 2.22. The molecule has 1 aromatic heterocycles. The first-order chi connectivity index (χ1) is 13.5. The first kappa shape index (κ1) is 19.5. The number of hydrogen-bond donors (Lipinski definition) is 0. The summed E-state index contributed by atoms with van der Waals surface area (Å²) >= 11 is 1.48. The molecule has 0 amide bonds. The summed E-state index contributed by atoms with van der Waals surface area (Å²) < 4.78 is 7.44. The molecule has 0 saturated carbocycles. The maximum absolute atomic E-state index is 10.9. The summed E-state index contributed by atoms with van der Waals surface area (Å²) in [6.45, 7) is 4.37. The second-order valence-electron chi connectivity index (χ2n) is 6.01.